The van der Waals surface area contributed by atoms with Crippen LogP contribution in [0.5, 0.6) is 0 Å². The van der Waals surface area contributed by atoms with E-state index in [0.717, 1.165) is 25.7 Å². The normalized spacial score (nSPS) is 13.6. The molecule has 0 saturated carbocycles. The first-order valence-corrected chi connectivity index (χ1v) is 7.01. The van der Waals surface area contributed by atoms with Crippen LogP contribution in [0.15, 0.2) is 11.1 Å². The van der Waals surface area contributed by atoms with Crippen LogP contribution >= 0.6 is 0 Å². The van der Waals surface area contributed by atoms with E-state index >= 15 is 0 Å². The lowest BCUT2D eigenvalue weighted by molar-refractivity contribution is -0.136. The van der Waals surface area contributed by atoms with Crippen LogP contribution in [0, 0.1) is 5.92 Å². The van der Waals surface area contributed by atoms with Crippen molar-refractivity contribution in [2.75, 3.05) is 0 Å². The van der Waals surface area contributed by atoms with Crippen LogP contribution in [0.4, 0.5) is 0 Å². The summed E-state index contributed by atoms with van der Waals surface area (Å²) in [5.41, 5.74) is -0.407. The van der Waals surface area contributed by atoms with Crippen molar-refractivity contribution in [2.24, 2.45) is 5.92 Å². The van der Waals surface area contributed by atoms with Gasteiger partial charge in [-0.3, -0.25) is 4.79 Å². The van der Waals surface area contributed by atoms with Gasteiger partial charge >= 0.3 is 11.9 Å². The maximum atomic E-state index is 11.3. The van der Waals surface area contributed by atoms with Crippen molar-refractivity contribution in [1.82, 2.24) is 0 Å². The third kappa shape index (κ3) is 6.50. The molecule has 0 aromatic carbocycles. The zero-order chi connectivity index (χ0) is 15.7. The molecule has 0 aliphatic carbocycles. The van der Waals surface area contributed by atoms with E-state index in [1.165, 1.54) is 6.92 Å². The third-order valence-corrected chi connectivity index (χ3v) is 3.34. The number of hydrogen-bond donors (Lipinski definition) is 2. The Labute approximate surface area is 119 Å². The molecule has 0 aliphatic rings. The second-order valence-electron chi connectivity index (χ2n) is 5.07. The number of aliphatic carboxylic acids is 2. The Kier molecular flexibility index (Phi) is 8.52. The molecule has 0 amide bonds. The molecule has 2 N–H and O–H groups in total. The minimum Gasteiger partial charge on any atom is -0.478 e. The number of unbranched alkanes of at least 4 members (excludes halogenated alkanes) is 1. The van der Waals surface area contributed by atoms with Gasteiger partial charge in [-0.15, -0.1) is 0 Å². The second-order valence-corrected chi connectivity index (χ2v) is 5.07. The first-order chi connectivity index (χ1) is 9.33. The van der Waals surface area contributed by atoms with Gasteiger partial charge in [-0.2, -0.15) is 0 Å². The molecule has 1 atom stereocenters. The maximum absolute atomic E-state index is 11.3. The molecule has 1 unspecified atom stereocenters. The van der Waals surface area contributed by atoms with Crippen LogP contribution in [0.2, 0.25) is 0 Å². The quantitative estimate of drug-likeness (QED) is 0.601. The predicted octanol–water partition coefficient (Wildman–Crippen LogP) is 3.04. The monoisotopic (exact) mass is 284 g/mol. The summed E-state index contributed by atoms with van der Waals surface area (Å²) in [5.74, 6) is -2.76. The summed E-state index contributed by atoms with van der Waals surface area (Å²) in [7, 11) is 0. The molecule has 0 saturated heterocycles. The molecule has 0 heterocycles. The fourth-order valence-corrected chi connectivity index (χ4v) is 2.13. The first-order valence-electron chi connectivity index (χ1n) is 7.01. The largest absolute Gasteiger partial charge is 0.478 e. The molecule has 0 aromatic rings. The van der Waals surface area contributed by atoms with E-state index < -0.39 is 11.9 Å². The fraction of sp³-hybridized carbons (Fsp3) is 0.667. The van der Waals surface area contributed by atoms with Crippen LogP contribution in [0.3, 0.4) is 0 Å². The number of ketones is 1. The van der Waals surface area contributed by atoms with Gasteiger partial charge in [0, 0.05) is 12.0 Å². The van der Waals surface area contributed by atoms with Gasteiger partial charge in [-0.05, 0) is 19.3 Å². The Balaban J connectivity index is 5.30. The van der Waals surface area contributed by atoms with Crippen molar-refractivity contribution < 1.29 is 24.6 Å². The molecule has 0 aromatic heterocycles. The summed E-state index contributed by atoms with van der Waals surface area (Å²) in [5, 5.41) is 18.4. The Hall–Kier alpha value is -1.65. The molecule has 5 heteroatoms. The number of rotatable bonds is 10. The van der Waals surface area contributed by atoms with Gasteiger partial charge in [0.2, 0.25) is 0 Å². The summed E-state index contributed by atoms with van der Waals surface area (Å²) >= 11 is 0. The minimum atomic E-state index is -1.32. The van der Waals surface area contributed by atoms with Crippen molar-refractivity contribution in [3.63, 3.8) is 0 Å². The summed E-state index contributed by atoms with van der Waals surface area (Å²) in [4.78, 5) is 33.6. The predicted molar refractivity (Wildman–Crippen MR) is 75.5 cm³/mol. The first kappa shape index (κ1) is 18.4. The second kappa shape index (κ2) is 9.28. The fourth-order valence-electron chi connectivity index (χ4n) is 2.13. The highest BCUT2D eigenvalue weighted by atomic mass is 16.4. The molecular weight excluding hydrogens is 260 g/mol. The molecular formula is C15H24O5. The SMILES string of the molecule is CCCCC(CC)C/C(C(=O)O)=C(/CC(C)=O)C(=O)O. The minimum absolute atomic E-state index is 0.129. The summed E-state index contributed by atoms with van der Waals surface area (Å²) in [6.07, 6.45) is 3.55. The lowest BCUT2D eigenvalue weighted by Crippen LogP contribution is -2.16. The van der Waals surface area contributed by atoms with Crippen LogP contribution in [-0.2, 0) is 14.4 Å². The average molecular weight is 284 g/mol. The summed E-state index contributed by atoms with van der Waals surface area (Å²) in [6, 6.07) is 0. The van der Waals surface area contributed by atoms with E-state index in [9.17, 15) is 19.5 Å². The molecule has 0 bridgehead atoms. The number of carboxylic acids is 2. The lowest BCUT2D eigenvalue weighted by Gasteiger charge is -2.16. The van der Waals surface area contributed by atoms with Crippen LogP contribution in [0.1, 0.15) is 59.3 Å². The Morgan fingerprint density at radius 3 is 1.90 bits per heavy atom. The number of hydrogen-bond acceptors (Lipinski definition) is 3. The molecule has 20 heavy (non-hydrogen) atoms. The lowest BCUT2D eigenvalue weighted by atomic mass is 9.88. The topological polar surface area (TPSA) is 91.7 Å². The Morgan fingerprint density at radius 2 is 1.55 bits per heavy atom. The summed E-state index contributed by atoms with van der Waals surface area (Å²) < 4.78 is 0. The maximum Gasteiger partial charge on any atom is 0.332 e. The van der Waals surface area contributed by atoms with Gasteiger partial charge in [-0.1, -0.05) is 39.5 Å². The molecule has 0 spiro atoms. The highest BCUT2D eigenvalue weighted by Crippen LogP contribution is 2.25. The van der Waals surface area contributed by atoms with E-state index in [1.807, 2.05) is 6.92 Å². The highest BCUT2D eigenvalue weighted by molar-refractivity contribution is 6.02. The van der Waals surface area contributed by atoms with E-state index in [1.54, 1.807) is 0 Å². The Morgan fingerprint density at radius 1 is 1.00 bits per heavy atom. The van der Waals surface area contributed by atoms with Crippen LogP contribution in [-0.4, -0.2) is 27.9 Å². The van der Waals surface area contributed by atoms with Gasteiger partial charge in [0.1, 0.15) is 5.78 Å². The van der Waals surface area contributed by atoms with E-state index in [0.29, 0.717) is 0 Å². The van der Waals surface area contributed by atoms with Crippen molar-refractivity contribution in [2.45, 2.75) is 59.3 Å². The molecule has 0 rings (SSSR count). The van der Waals surface area contributed by atoms with Gasteiger partial charge < -0.3 is 10.2 Å². The van der Waals surface area contributed by atoms with Crippen molar-refractivity contribution in [1.29, 1.82) is 0 Å². The molecule has 0 aliphatic heterocycles. The molecule has 0 fully saturated rings. The van der Waals surface area contributed by atoms with Crippen molar-refractivity contribution in [3.8, 4) is 0 Å². The standard InChI is InChI=1S/C15H24O5/c1-4-6-7-11(5-2)9-13(15(19)20)12(14(17)18)8-10(3)16/h11H,4-9H2,1-3H3,(H,17,18)(H,19,20)/b13-12+. The van der Waals surface area contributed by atoms with Crippen LogP contribution < -0.4 is 0 Å². The van der Waals surface area contributed by atoms with E-state index in [2.05, 4.69) is 6.92 Å². The van der Waals surface area contributed by atoms with Gasteiger partial charge in [-0.25, -0.2) is 9.59 Å². The zero-order valence-corrected chi connectivity index (χ0v) is 12.4. The molecule has 5 nitrogen and oxygen atoms in total. The summed E-state index contributed by atoms with van der Waals surface area (Å²) in [6.45, 7) is 5.28. The number of carboxylic acid groups (broad SMARTS) is 2. The van der Waals surface area contributed by atoms with Crippen molar-refractivity contribution >= 4 is 17.7 Å². The van der Waals surface area contributed by atoms with Gasteiger partial charge in [0.15, 0.2) is 0 Å². The number of carbonyl (C=O) groups is 3. The van der Waals surface area contributed by atoms with Gasteiger partial charge in [0.05, 0.1) is 5.57 Å². The number of carbonyl (C=O) groups excluding carboxylic acids is 1. The molecule has 0 radical (unpaired) electrons. The van der Waals surface area contributed by atoms with E-state index in [-0.39, 0.29) is 35.7 Å². The van der Waals surface area contributed by atoms with Gasteiger partial charge in [0.25, 0.3) is 0 Å². The smallest absolute Gasteiger partial charge is 0.332 e. The third-order valence-electron chi connectivity index (χ3n) is 3.34. The van der Waals surface area contributed by atoms with Crippen LogP contribution in [0.25, 0.3) is 0 Å². The zero-order valence-electron chi connectivity index (χ0n) is 12.4. The van der Waals surface area contributed by atoms with Crippen molar-refractivity contribution in [3.05, 3.63) is 11.1 Å². The highest BCUT2D eigenvalue weighted by Gasteiger charge is 2.23. The average Bonchev–Trinajstić information content (AvgIpc) is 2.36. The van der Waals surface area contributed by atoms with E-state index in [4.69, 9.17) is 5.11 Å². The molecule has 114 valence electrons. The number of Topliss-reactive ketones (excluding diaryl/α,β-unsaturated/α-hetero) is 1. The Bertz CT molecular complexity index is 395.